The molecule has 0 radical (unpaired) electrons. The van der Waals surface area contributed by atoms with Crippen LogP contribution in [-0.2, 0) is 10.8 Å². The zero-order valence-corrected chi connectivity index (χ0v) is 38.2. The van der Waals surface area contributed by atoms with Gasteiger partial charge in [-0.1, -0.05) is 186 Å². The number of benzene rings is 8. The summed E-state index contributed by atoms with van der Waals surface area (Å²) in [6, 6.07) is 67.4. The van der Waals surface area contributed by atoms with Crippen molar-refractivity contribution in [3.63, 3.8) is 0 Å². The Balaban J connectivity index is 1.29. The van der Waals surface area contributed by atoms with E-state index in [0.29, 0.717) is 0 Å². The van der Waals surface area contributed by atoms with Gasteiger partial charge in [0.1, 0.15) is 8.07 Å². The van der Waals surface area contributed by atoms with E-state index in [1.54, 1.807) is 0 Å². The maximum Gasteiger partial charge on any atom is 0.251 e. The number of aryl methyl sites for hydroxylation is 1. The van der Waals surface area contributed by atoms with Crippen LogP contribution in [0.1, 0.15) is 58.2 Å². The molecule has 0 N–H and O–H groups in total. The monoisotopic (exact) mass is 816 g/mol. The van der Waals surface area contributed by atoms with Crippen molar-refractivity contribution in [3.05, 3.63) is 193 Å². The van der Waals surface area contributed by atoms with E-state index in [1.165, 1.54) is 105 Å². The van der Waals surface area contributed by atoms with E-state index in [4.69, 9.17) is 0 Å². The van der Waals surface area contributed by atoms with Crippen molar-refractivity contribution in [1.82, 2.24) is 0 Å². The third-order valence-corrected chi connectivity index (χ3v) is 18.6. The van der Waals surface area contributed by atoms with Crippen LogP contribution in [0.2, 0.25) is 6.55 Å². The molecule has 3 aliphatic heterocycles. The van der Waals surface area contributed by atoms with Crippen molar-refractivity contribution < 1.29 is 0 Å². The van der Waals surface area contributed by atoms with Crippen molar-refractivity contribution in [1.29, 1.82) is 0 Å². The largest absolute Gasteiger partial charge is 0.311 e. The third-order valence-electron chi connectivity index (χ3n) is 14.1. The lowest BCUT2D eigenvalue weighted by molar-refractivity contribution is 0.590. The minimum Gasteiger partial charge on any atom is -0.311 e. The van der Waals surface area contributed by atoms with E-state index in [0.717, 1.165) is 0 Å². The summed E-state index contributed by atoms with van der Waals surface area (Å²) in [5.74, 6) is 0. The Morgan fingerprint density at radius 1 is 0.403 bits per heavy atom. The quantitative estimate of drug-likeness (QED) is 0.160. The second-order valence-electron chi connectivity index (χ2n) is 20.0. The molecule has 8 aromatic carbocycles. The topological polar surface area (TPSA) is 6.48 Å². The second kappa shape index (κ2) is 13.8. The number of rotatable bonds is 5. The van der Waals surface area contributed by atoms with Gasteiger partial charge in [-0.15, -0.1) is 0 Å². The molecular formula is C58H53BN2Si. The smallest absolute Gasteiger partial charge is 0.251 e. The first-order valence-corrected chi connectivity index (χ1v) is 24.8. The Bertz CT molecular complexity index is 2890. The molecule has 0 bridgehead atoms. The van der Waals surface area contributed by atoms with Crippen LogP contribution in [0.3, 0.4) is 0 Å². The Morgan fingerprint density at radius 2 is 0.823 bits per heavy atom. The van der Waals surface area contributed by atoms with Crippen LogP contribution in [0.4, 0.5) is 34.1 Å². The van der Waals surface area contributed by atoms with Crippen LogP contribution in [-0.4, -0.2) is 14.8 Å². The molecule has 0 aromatic heterocycles. The molecule has 2 nitrogen and oxygen atoms in total. The first-order valence-electron chi connectivity index (χ1n) is 22.3. The van der Waals surface area contributed by atoms with Crippen LogP contribution in [0.5, 0.6) is 0 Å². The first-order chi connectivity index (χ1) is 29.8. The Hall–Kier alpha value is -6.36. The maximum atomic E-state index is 2.65. The molecule has 0 atom stereocenters. The van der Waals surface area contributed by atoms with Crippen molar-refractivity contribution >= 4 is 80.9 Å². The van der Waals surface area contributed by atoms with Gasteiger partial charge in [0.05, 0.1) is 11.4 Å². The van der Waals surface area contributed by atoms with Gasteiger partial charge < -0.3 is 9.80 Å². The van der Waals surface area contributed by atoms with Gasteiger partial charge >= 0.3 is 0 Å². The third kappa shape index (κ3) is 5.69. The Kier molecular flexibility index (Phi) is 8.60. The minimum atomic E-state index is -2.58. The number of nitrogens with zero attached hydrogens (tertiary/aromatic N) is 2. The lowest BCUT2D eigenvalue weighted by atomic mass is 9.33. The van der Waals surface area contributed by atoms with Gasteiger partial charge in [0.2, 0.25) is 0 Å². The van der Waals surface area contributed by atoms with Gasteiger partial charge in [-0.3, -0.25) is 0 Å². The highest BCUT2D eigenvalue weighted by atomic mass is 28.3. The molecule has 0 unspecified atom stereocenters. The molecule has 0 saturated carbocycles. The van der Waals surface area contributed by atoms with Gasteiger partial charge in [0, 0.05) is 33.9 Å². The van der Waals surface area contributed by atoms with Crippen LogP contribution in [0.25, 0.3) is 22.3 Å². The van der Waals surface area contributed by atoms with Gasteiger partial charge in [-0.25, -0.2) is 0 Å². The summed E-state index contributed by atoms with van der Waals surface area (Å²) in [5, 5.41) is 4.47. The standard InChI is InChI=1S/C58H53BN2Si/c1-38-34-50-54-51(35-38)61(47-33-31-42(58(5,6)7)37-45(47)40-22-14-10-15-23-40)49-27-19-29-53-56(49)59(54)55-48(26-18-28-52(55)62(53,8)43-24-16-11-17-25-43)60(50)46-32-30-41(57(2,3)4)36-44(46)39-20-12-9-13-21-39/h9-37H,1-8H3. The summed E-state index contributed by atoms with van der Waals surface area (Å²) in [7, 11) is -2.58. The predicted octanol–water partition coefficient (Wildman–Crippen LogP) is 11.4. The fourth-order valence-corrected chi connectivity index (χ4v) is 15.2. The SMILES string of the molecule is Cc1cc2c3c(c1)N(c1ccc(C(C)(C)C)cc1-c1ccccc1)c1cccc4c1B3c1c(cccc1[Si]4(C)c1ccccc1)N2c1ccc(C(C)(C)C)cc1-c1ccccc1. The van der Waals surface area contributed by atoms with Gasteiger partial charge in [0.15, 0.2) is 0 Å². The predicted molar refractivity (Wildman–Crippen MR) is 270 cm³/mol. The molecule has 0 aliphatic carbocycles. The lowest BCUT2D eigenvalue weighted by Gasteiger charge is -2.51. The van der Waals surface area contributed by atoms with Gasteiger partial charge in [-0.05, 0) is 116 Å². The van der Waals surface area contributed by atoms with E-state index in [9.17, 15) is 0 Å². The normalized spacial score (nSPS) is 14.5. The highest BCUT2D eigenvalue weighted by Gasteiger charge is 2.54. The van der Waals surface area contributed by atoms with Gasteiger partial charge in [-0.2, -0.15) is 0 Å². The Labute approximate surface area is 369 Å². The molecule has 0 saturated heterocycles. The summed E-state index contributed by atoms with van der Waals surface area (Å²) < 4.78 is 0. The van der Waals surface area contributed by atoms with Crippen LogP contribution < -0.4 is 41.7 Å². The van der Waals surface area contributed by atoms with Gasteiger partial charge in [0.25, 0.3) is 6.71 Å². The second-order valence-corrected chi connectivity index (χ2v) is 23.9. The summed E-state index contributed by atoms with van der Waals surface area (Å²) in [6.07, 6.45) is 0. The fourth-order valence-electron chi connectivity index (χ4n) is 10.9. The van der Waals surface area contributed by atoms with Crippen LogP contribution >= 0.6 is 0 Å². The molecule has 0 amide bonds. The van der Waals surface area contributed by atoms with E-state index < -0.39 is 8.07 Å². The average Bonchev–Trinajstić information content (AvgIpc) is 3.28. The number of hydrogen-bond donors (Lipinski definition) is 0. The summed E-state index contributed by atoms with van der Waals surface area (Å²) in [4.78, 5) is 5.29. The average molecular weight is 817 g/mol. The molecule has 4 heteroatoms. The molecule has 11 rings (SSSR count). The number of anilines is 6. The van der Waals surface area contributed by atoms with Crippen molar-refractivity contribution in [2.45, 2.75) is 65.8 Å². The highest BCUT2D eigenvalue weighted by Crippen LogP contribution is 2.49. The van der Waals surface area contributed by atoms with Crippen molar-refractivity contribution in [3.8, 4) is 22.3 Å². The van der Waals surface area contributed by atoms with Crippen molar-refractivity contribution in [2.24, 2.45) is 0 Å². The highest BCUT2D eigenvalue weighted by molar-refractivity contribution is 7.21. The summed E-state index contributed by atoms with van der Waals surface area (Å²) in [5.41, 5.74) is 20.7. The molecule has 3 aliphatic rings. The molecule has 3 heterocycles. The molecule has 8 aromatic rings. The van der Waals surface area contributed by atoms with Crippen LogP contribution in [0.15, 0.2) is 176 Å². The minimum absolute atomic E-state index is 0.00776. The zero-order valence-electron chi connectivity index (χ0n) is 37.2. The summed E-state index contributed by atoms with van der Waals surface area (Å²) >= 11 is 0. The molecule has 302 valence electrons. The van der Waals surface area contributed by atoms with E-state index in [1.807, 2.05) is 0 Å². The molecule has 62 heavy (non-hydrogen) atoms. The number of hydrogen-bond acceptors (Lipinski definition) is 2. The fraction of sp³-hybridized carbons (Fsp3) is 0.172. The molecule has 0 fully saturated rings. The molecular weight excluding hydrogens is 764 g/mol. The van der Waals surface area contributed by atoms with E-state index in [-0.39, 0.29) is 17.5 Å². The maximum absolute atomic E-state index is 2.65. The van der Waals surface area contributed by atoms with E-state index >= 15 is 0 Å². The Morgan fingerprint density at radius 3 is 1.24 bits per heavy atom. The first kappa shape index (κ1) is 38.6. The summed E-state index contributed by atoms with van der Waals surface area (Å²) in [6.45, 7) is 18.9. The molecule has 0 spiro atoms. The van der Waals surface area contributed by atoms with E-state index in [2.05, 4.69) is 241 Å². The lowest BCUT2D eigenvalue weighted by Crippen LogP contribution is -2.83. The zero-order chi connectivity index (χ0) is 42.7. The van der Waals surface area contributed by atoms with Crippen LogP contribution in [0, 0.1) is 6.92 Å². The van der Waals surface area contributed by atoms with Crippen molar-refractivity contribution in [2.75, 3.05) is 9.80 Å².